The zero-order valence-corrected chi connectivity index (χ0v) is 19.4. The van der Waals surface area contributed by atoms with E-state index in [1.54, 1.807) is 0 Å². The number of hydrogen-bond donors (Lipinski definition) is 1. The van der Waals surface area contributed by atoms with Crippen LogP contribution in [0.2, 0.25) is 0 Å². The van der Waals surface area contributed by atoms with Crippen molar-refractivity contribution in [2.75, 3.05) is 6.61 Å². The van der Waals surface area contributed by atoms with Gasteiger partial charge in [-0.25, -0.2) is 4.98 Å². The summed E-state index contributed by atoms with van der Waals surface area (Å²) < 4.78 is 8.18. The number of fused-ring (bicyclic) bond motifs is 1. The minimum Gasteiger partial charge on any atom is -0.494 e. The van der Waals surface area contributed by atoms with Gasteiger partial charge in [0.15, 0.2) is 0 Å². The van der Waals surface area contributed by atoms with Crippen LogP contribution in [-0.2, 0) is 24.3 Å². The topological polar surface area (TPSA) is 56.1 Å². The maximum Gasteiger partial charge on any atom is 0.220 e. The second kappa shape index (κ2) is 10.8. The van der Waals surface area contributed by atoms with Crippen LogP contribution < -0.4 is 10.1 Å². The molecule has 0 aliphatic heterocycles. The smallest absolute Gasteiger partial charge is 0.220 e. The summed E-state index contributed by atoms with van der Waals surface area (Å²) >= 11 is 0. The second-order valence-corrected chi connectivity index (χ2v) is 8.46. The molecule has 0 bridgehead atoms. The SMILES string of the molecule is Cc1cc(C)cc(OCCCn2c(CNC(=O)CCc3ccccc3)nc3ccccc32)c1. The number of ether oxygens (including phenoxy) is 1. The summed E-state index contributed by atoms with van der Waals surface area (Å²) in [5.41, 5.74) is 5.61. The Kier molecular flexibility index (Phi) is 7.40. The number of para-hydroxylation sites is 2. The van der Waals surface area contributed by atoms with Crippen LogP contribution in [0.25, 0.3) is 11.0 Å². The summed E-state index contributed by atoms with van der Waals surface area (Å²) in [4.78, 5) is 17.2. The molecule has 5 nitrogen and oxygen atoms in total. The molecule has 0 spiro atoms. The van der Waals surface area contributed by atoms with Gasteiger partial charge in [-0.15, -0.1) is 0 Å². The number of carbonyl (C=O) groups excluding carboxylic acids is 1. The van der Waals surface area contributed by atoms with Gasteiger partial charge < -0.3 is 14.6 Å². The first-order valence-corrected chi connectivity index (χ1v) is 11.5. The third-order valence-electron chi connectivity index (χ3n) is 5.65. The normalized spacial score (nSPS) is 11.0. The van der Waals surface area contributed by atoms with Gasteiger partial charge in [0.1, 0.15) is 11.6 Å². The van der Waals surface area contributed by atoms with Crippen LogP contribution in [0.15, 0.2) is 72.8 Å². The minimum absolute atomic E-state index is 0.0376. The number of nitrogens with one attached hydrogen (secondary N) is 1. The maximum atomic E-state index is 12.4. The van der Waals surface area contributed by atoms with Gasteiger partial charge in [-0.1, -0.05) is 48.5 Å². The summed E-state index contributed by atoms with van der Waals surface area (Å²) in [6, 6.07) is 24.5. The van der Waals surface area contributed by atoms with Crippen molar-refractivity contribution in [3.63, 3.8) is 0 Å². The second-order valence-electron chi connectivity index (χ2n) is 8.46. The van der Waals surface area contributed by atoms with E-state index in [4.69, 9.17) is 9.72 Å². The van der Waals surface area contributed by atoms with E-state index >= 15 is 0 Å². The molecule has 0 fully saturated rings. The molecule has 0 aliphatic rings. The van der Waals surface area contributed by atoms with E-state index in [9.17, 15) is 4.79 Å². The third kappa shape index (κ3) is 6.22. The molecule has 0 atom stereocenters. The Labute approximate surface area is 195 Å². The van der Waals surface area contributed by atoms with Crippen LogP contribution in [0.4, 0.5) is 0 Å². The summed E-state index contributed by atoms with van der Waals surface area (Å²) in [6.07, 6.45) is 2.05. The van der Waals surface area contributed by atoms with E-state index in [0.29, 0.717) is 19.6 Å². The summed E-state index contributed by atoms with van der Waals surface area (Å²) in [7, 11) is 0. The molecule has 4 rings (SSSR count). The molecule has 1 aromatic heterocycles. The van der Waals surface area contributed by atoms with Crippen molar-refractivity contribution in [3.8, 4) is 5.75 Å². The molecule has 1 N–H and O–H groups in total. The maximum absolute atomic E-state index is 12.4. The van der Waals surface area contributed by atoms with E-state index in [0.717, 1.165) is 42.0 Å². The number of hydrogen-bond acceptors (Lipinski definition) is 3. The summed E-state index contributed by atoms with van der Waals surface area (Å²) in [6.45, 7) is 5.98. The summed E-state index contributed by atoms with van der Waals surface area (Å²) in [5.74, 6) is 1.82. The van der Waals surface area contributed by atoms with Gasteiger partial charge in [0, 0.05) is 13.0 Å². The number of carbonyl (C=O) groups is 1. The van der Waals surface area contributed by atoms with Crippen molar-refractivity contribution in [1.82, 2.24) is 14.9 Å². The van der Waals surface area contributed by atoms with Gasteiger partial charge in [0.2, 0.25) is 5.91 Å². The van der Waals surface area contributed by atoms with Gasteiger partial charge in [-0.05, 0) is 67.6 Å². The molecule has 0 radical (unpaired) electrons. The Morgan fingerprint density at radius 1 is 0.970 bits per heavy atom. The molecule has 3 aromatic carbocycles. The van der Waals surface area contributed by atoms with E-state index in [1.807, 2.05) is 48.5 Å². The molecule has 4 aromatic rings. The van der Waals surface area contributed by atoms with Gasteiger partial charge >= 0.3 is 0 Å². The number of aromatic nitrogens is 2. The predicted octanol–water partition coefficient (Wildman–Crippen LogP) is 5.37. The molecule has 33 heavy (non-hydrogen) atoms. The molecular weight excluding hydrogens is 410 g/mol. The fraction of sp³-hybridized carbons (Fsp3) is 0.286. The van der Waals surface area contributed by atoms with Crippen molar-refractivity contribution in [2.24, 2.45) is 0 Å². The molecule has 0 unspecified atom stereocenters. The van der Waals surface area contributed by atoms with Crippen LogP contribution in [0.1, 0.15) is 35.4 Å². The number of amides is 1. The van der Waals surface area contributed by atoms with Crippen molar-refractivity contribution in [2.45, 2.75) is 46.2 Å². The molecular formula is C28H31N3O2. The molecule has 1 amide bonds. The van der Waals surface area contributed by atoms with Gasteiger partial charge in [-0.2, -0.15) is 0 Å². The minimum atomic E-state index is 0.0376. The Morgan fingerprint density at radius 2 is 1.70 bits per heavy atom. The molecule has 0 aliphatic carbocycles. The molecule has 170 valence electrons. The monoisotopic (exact) mass is 441 g/mol. The predicted molar refractivity (Wildman–Crippen MR) is 132 cm³/mol. The van der Waals surface area contributed by atoms with Crippen LogP contribution in [0.5, 0.6) is 5.75 Å². The fourth-order valence-corrected chi connectivity index (χ4v) is 4.11. The lowest BCUT2D eigenvalue weighted by Gasteiger charge is -2.12. The highest BCUT2D eigenvalue weighted by atomic mass is 16.5. The van der Waals surface area contributed by atoms with Crippen LogP contribution >= 0.6 is 0 Å². The lowest BCUT2D eigenvalue weighted by atomic mass is 10.1. The van der Waals surface area contributed by atoms with E-state index < -0.39 is 0 Å². The van der Waals surface area contributed by atoms with Gasteiger partial charge in [0.25, 0.3) is 0 Å². The first-order chi connectivity index (χ1) is 16.1. The van der Waals surface area contributed by atoms with Crippen LogP contribution in [0.3, 0.4) is 0 Å². The average molecular weight is 442 g/mol. The number of rotatable bonds is 10. The van der Waals surface area contributed by atoms with Crippen molar-refractivity contribution in [1.29, 1.82) is 0 Å². The first kappa shape index (κ1) is 22.6. The molecule has 5 heteroatoms. The van der Waals surface area contributed by atoms with Crippen LogP contribution in [0, 0.1) is 13.8 Å². The zero-order valence-electron chi connectivity index (χ0n) is 19.4. The average Bonchev–Trinajstić information content (AvgIpc) is 3.16. The Bertz CT molecular complexity index is 1190. The van der Waals surface area contributed by atoms with Crippen molar-refractivity contribution in [3.05, 3.63) is 95.3 Å². The number of imidazole rings is 1. The highest BCUT2D eigenvalue weighted by molar-refractivity contribution is 5.77. The van der Waals surface area contributed by atoms with Crippen molar-refractivity contribution >= 4 is 16.9 Å². The zero-order chi connectivity index (χ0) is 23.0. The van der Waals surface area contributed by atoms with Crippen LogP contribution in [-0.4, -0.2) is 22.1 Å². The highest BCUT2D eigenvalue weighted by Gasteiger charge is 2.12. The lowest BCUT2D eigenvalue weighted by Crippen LogP contribution is -2.25. The highest BCUT2D eigenvalue weighted by Crippen LogP contribution is 2.19. The van der Waals surface area contributed by atoms with E-state index in [2.05, 4.69) is 48.0 Å². The Hall–Kier alpha value is -3.60. The summed E-state index contributed by atoms with van der Waals surface area (Å²) in [5, 5.41) is 3.05. The Balaban J connectivity index is 1.35. The van der Waals surface area contributed by atoms with Gasteiger partial charge in [0.05, 0.1) is 24.2 Å². The number of aryl methyl sites for hydroxylation is 4. The standard InChI is InChI=1S/C28H31N3O2/c1-21-17-22(2)19-24(18-21)33-16-8-15-31-26-12-7-6-11-25(26)30-27(31)20-29-28(32)14-13-23-9-4-3-5-10-23/h3-7,9-12,17-19H,8,13-16,20H2,1-2H3,(H,29,32). The van der Waals surface area contributed by atoms with Gasteiger partial charge in [-0.3, -0.25) is 4.79 Å². The van der Waals surface area contributed by atoms with E-state index in [1.165, 1.54) is 16.7 Å². The molecule has 0 saturated carbocycles. The van der Waals surface area contributed by atoms with Crippen molar-refractivity contribution < 1.29 is 9.53 Å². The first-order valence-electron chi connectivity index (χ1n) is 11.5. The number of nitrogens with zero attached hydrogens (tertiary/aromatic N) is 2. The fourth-order valence-electron chi connectivity index (χ4n) is 4.11. The quantitative estimate of drug-likeness (QED) is 0.337. The third-order valence-corrected chi connectivity index (χ3v) is 5.65. The molecule has 1 heterocycles. The Morgan fingerprint density at radius 3 is 2.48 bits per heavy atom. The number of benzene rings is 3. The largest absolute Gasteiger partial charge is 0.494 e. The van der Waals surface area contributed by atoms with E-state index in [-0.39, 0.29) is 5.91 Å². The molecule has 0 saturated heterocycles. The lowest BCUT2D eigenvalue weighted by molar-refractivity contribution is -0.121.